The number of rotatable bonds is 8. The summed E-state index contributed by atoms with van der Waals surface area (Å²) in [6.45, 7) is 6.50. The summed E-state index contributed by atoms with van der Waals surface area (Å²) in [4.78, 5) is 7.34. The number of nitrogens with one attached hydrogen (secondary N) is 2. The molecule has 1 aliphatic carbocycles. The minimum Gasteiger partial charge on any atom is -0.497 e. The smallest absolute Gasteiger partial charge is 0.191 e. The van der Waals surface area contributed by atoms with Gasteiger partial charge in [0.05, 0.1) is 13.7 Å². The van der Waals surface area contributed by atoms with Crippen LogP contribution in [0.1, 0.15) is 39.0 Å². The average molecular weight is 375 g/mol. The van der Waals surface area contributed by atoms with Crippen LogP contribution >= 0.6 is 0 Å². The molecule has 1 aromatic rings. The summed E-state index contributed by atoms with van der Waals surface area (Å²) in [6, 6.07) is 8.95. The van der Waals surface area contributed by atoms with Crippen LogP contribution in [-0.2, 0) is 0 Å². The van der Waals surface area contributed by atoms with Crippen molar-refractivity contribution in [1.29, 1.82) is 0 Å². The summed E-state index contributed by atoms with van der Waals surface area (Å²) in [6.07, 6.45) is 6.76. The van der Waals surface area contributed by atoms with E-state index in [9.17, 15) is 0 Å². The number of hydrogen-bond donors (Lipinski definition) is 2. The van der Waals surface area contributed by atoms with Gasteiger partial charge >= 0.3 is 0 Å². The lowest BCUT2D eigenvalue weighted by Crippen LogP contribution is -2.45. The van der Waals surface area contributed by atoms with E-state index in [0.29, 0.717) is 19.2 Å². The Labute approximate surface area is 163 Å². The first-order valence-electron chi connectivity index (χ1n) is 10.3. The van der Waals surface area contributed by atoms with E-state index in [2.05, 4.69) is 27.4 Å². The normalized spacial score (nSPS) is 21.4. The van der Waals surface area contributed by atoms with Crippen LogP contribution in [-0.4, -0.2) is 62.8 Å². The van der Waals surface area contributed by atoms with Crippen molar-refractivity contribution < 1.29 is 9.47 Å². The van der Waals surface area contributed by atoms with Crippen molar-refractivity contribution in [3.8, 4) is 11.5 Å². The maximum Gasteiger partial charge on any atom is 0.191 e. The highest BCUT2D eigenvalue weighted by atomic mass is 16.5. The van der Waals surface area contributed by atoms with Crippen LogP contribution in [0, 0.1) is 0 Å². The first-order valence-corrected chi connectivity index (χ1v) is 10.3. The summed E-state index contributed by atoms with van der Waals surface area (Å²) in [7, 11) is 1.66. The molecule has 6 nitrogen and oxygen atoms in total. The van der Waals surface area contributed by atoms with E-state index in [0.717, 1.165) is 36.6 Å². The molecule has 0 amide bonds. The molecule has 6 heteroatoms. The predicted molar refractivity (Wildman–Crippen MR) is 110 cm³/mol. The molecule has 3 rings (SSSR count). The molecule has 2 aliphatic rings. The number of likely N-dealkylation sites (tertiary alicyclic amines) is 1. The van der Waals surface area contributed by atoms with Gasteiger partial charge in [0.1, 0.15) is 18.1 Å². The molecule has 0 radical (unpaired) electrons. The van der Waals surface area contributed by atoms with Gasteiger partial charge in [-0.05, 0) is 50.5 Å². The predicted octanol–water partition coefficient (Wildman–Crippen LogP) is 2.65. The van der Waals surface area contributed by atoms with E-state index >= 15 is 0 Å². The zero-order chi connectivity index (χ0) is 18.9. The molecule has 0 bridgehead atoms. The monoisotopic (exact) mass is 374 g/mol. The first-order chi connectivity index (χ1) is 13.3. The molecule has 0 spiro atoms. The number of methoxy groups -OCH3 is 1. The summed E-state index contributed by atoms with van der Waals surface area (Å²) in [5.74, 6) is 2.57. The largest absolute Gasteiger partial charge is 0.497 e. The Morgan fingerprint density at radius 2 is 1.89 bits per heavy atom. The van der Waals surface area contributed by atoms with Crippen molar-refractivity contribution in [1.82, 2.24) is 15.5 Å². The van der Waals surface area contributed by atoms with Gasteiger partial charge in [-0.15, -0.1) is 0 Å². The van der Waals surface area contributed by atoms with Gasteiger partial charge in [-0.1, -0.05) is 12.8 Å². The molecule has 1 saturated heterocycles. The minimum absolute atomic E-state index is 0.492. The van der Waals surface area contributed by atoms with Crippen molar-refractivity contribution in [2.45, 2.75) is 51.1 Å². The Kier molecular flexibility index (Phi) is 7.63. The maximum absolute atomic E-state index is 5.76. The average Bonchev–Trinajstić information content (AvgIpc) is 3.37. The van der Waals surface area contributed by atoms with Gasteiger partial charge in [-0.25, -0.2) is 4.99 Å². The SMILES string of the molecule is CCNC(=NCCOc1ccc(OC)cc1)NC1CCN(C2CCCC2)C1. The van der Waals surface area contributed by atoms with E-state index in [1.807, 2.05) is 24.3 Å². The van der Waals surface area contributed by atoms with Gasteiger partial charge in [-0.3, -0.25) is 4.90 Å². The van der Waals surface area contributed by atoms with Crippen LogP contribution < -0.4 is 20.1 Å². The molecule has 2 fully saturated rings. The molecular formula is C21H34N4O2. The minimum atomic E-state index is 0.492. The van der Waals surface area contributed by atoms with E-state index < -0.39 is 0 Å². The van der Waals surface area contributed by atoms with E-state index in [4.69, 9.17) is 9.47 Å². The summed E-state index contributed by atoms with van der Waals surface area (Å²) < 4.78 is 10.9. The van der Waals surface area contributed by atoms with Crippen molar-refractivity contribution in [2.24, 2.45) is 4.99 Å². The van der Waals surface area contributed by atoms with Gasteiger partial charge in [0.25, 0.3) is 0 Å². The van der Waals surface area contributed by atoms with Gasteiger partial charge < -0.3 is 20.1 Å². The highest BCUT2D eigenvalue weighted by molar-refractivity contribution is 5.80. The lowest BCUT2D eigenvalue weighted by Gasteiger charge is -2.24. The standard InChI is InChI=1S/C21H34N4O2/c1-3-22-21(23-13-15-27-20-10-8-19(26-2)9-11-20)24-17-12-14-25(16-17)18-6-4-5-7-18/h8-11,17-18H,3-7,12-16H2,1-2H3,(H2,22,23,24). The molecule has 150 valence electrons. The molecule has 1 atom stereocenters. The van der Waals surface area contributed by atoms with Crippen molar-refractivity contribution in [3.05, 3.63) is 24.3 Å². The molecule has 2 N–H and O–H groups in total. The molecule has 0 aromatic heterocycles. The number of aliphatic imine (C=N–C) groups is 1. The van der Waals surface area contributed by atoms with Crippen LogP contribution in [0.25, 0.3) is 0 Å². The number of guanidine groups is 1. The molecule has 1 heterocycles. The Bertz CT molecular complexity index is 584. The third-order valence-electron chi connectivity index (χ3n) is 5.44. The zero-order valence-corrected chi connectivity index (χ0v) is 16.7. The summed E-state index contributed by atoms with van der Waals surface area (Å²) >= 11 is 0. The van der Waals surface area contributed by atoms with Crippen LogP contribution in [0.5, 0.6) is 11.5 Å². The van der Waals surface area contributed by atoms with Crippen molar-refractivity contribution >= 4 is 5.96 Å². The quantitative estimate of drug-likeness (QED) is 0.416. The first kappa shape index (κ1) is 19.8. The van der Waals surface area contributed by atoms with E-state index in [1.165, 1.54) is 38.6 Å². The van der Waals surface area contributed by atoms with Crippen molar-refractivity contribution in [2.75, 3.05) is 39.9 Å². The van der Waals surface area contributed by atoms with Gasteiger partial charge in [0, 0.05) is 31.7 Å². The Hall–Kier alpha value is -1.95. The second-order valence-electron chi connectivity index (χ2n) is 7.35. The lowest BCUT2D eigenvalue weighted by molar-refractivity contribution is 0.242. The second kappa shape index (κ2) is 10.4. The van der Waals surface area contributed by atoms with Crippen LogP contribution in [0.3, 0.4) is 0 Å². The highest BCUT2D eigenvalue weighted by Crippen LogP contribution is 2.26. The fraction of sp³-hybridized carbons (Fsp3) is 0.667. The fourth-order valence-corrected chi connectivity index (χ4v) is 4.01. The Balaban J connectivity index is 1.42. The molecule has 1 aromatic carbocycles. The number of hydrogen-bond acceptors (Lipinski definition) is 4. The van der Waals surface area contributed by atoms with Crippen LogP contribution in [0.4, 0.5) is 0 Å². The zero-order valence-electron chi connectivity index (χ0n) is 16.7. The Morgan fingerprint density at radius 1 is 1.15 bits per heavy atom. The van der Waals surface area contributed by atoms with Crippen molar-refractivity contribution in [3.63, 3.8) is 0 Å². The third-order valence-corrected chi connectivity index (χ3v) is 5.44. The van der Waals surface area contributed by atoms with Crippen LogP contribution in [0.15, 0.2) is 29.3 Å². The Morgan fingerprint density at radius 3 is 2.59 bits per heavy atom. The van der Waals surface area contributed by atoms with Gasteiger partial charge in [-0.2, -0.15) is 0 Å². The van der Waals surface area contributed by atoms with Gasteiger partial charge in [0.2, 0.25) is 0 Å². The highest BCUT2D eigenvalue weighted by Gasteiger charge is 2.30. The van der Waals surface area contributed by atoms with Crippen LogP contribution in [0.2, 0.25) is 0 Å². The third kappa shape index (κ3) is 6.03. The number of ether oxygens (including phenoxy) is 2. The van der Waals surface area contributed by atoms with E-state index in [-0.39, 0.29) is 0 Å². The molecule has 27 heavy (non-hydrogen) atoms. The lowest BCUT2D eigenvalue weighted by atomic mass is 10.2. The summed E-state index contributed by atoms with van der Waals surface area (Å²) in [5.41, 5.74) is 0. The maximum atomic E-state index is 5.76. The second-order valence-corrected chi connectivity index (χ2v) is 7.35. The van der Waals surface area contributed by atoms with E-state index in [1.54, 1.807) is 7.11 Å². The topological polar surface area (TPSA) is 58.1 Å². The molecule has 1 unspecified atom stereocenters. The molecular weight excluding hydrogens is 340 g/mol. The summed E-state index contributed by atoms with van der Waals surface area (Å²) in [5, 5.41) is 6.97. The number of nitrogens with zero attached hydrogens (tertiary/aromatic N) is 2. The molecule has 1 saturated carbocycles. The fourth-order valence-electron chi connectivity index (χ4n) is 4.01. The van der Waals surface area contributed by atoms with Gasteiger partial charge in [0.15, 0.2) is 5.96 Å². The molecule has 1 aliphatic heterocycles. The number of benzene rings is 1.